The maximum Gasteiger partial charge on any atom is 0.272 e. The highest BCUT2D eigenvalue weighted by molar-refractivity contribution is 5.94. The number of para-hydroxylation sites is 1. The molecule has 1 aliphatic rings. The van der Waals surface area contributed by atoms with E-state index in [9.17, 15) is 4.79 Å². The van der Waals surface area contributed by atoms with Crippen molar-refractivity contribution in [2.75, 3.05) is 31.7 Å². The molecule has 0 aliphatic carbocycles. The van der Waals surface area contributed by atoms with Crippen LogP contribution in [-0.2, 0) is 11.3 Å². The molecular weight excluding hydrogens is 354 g/mol. The van der Waals surface area contributed by atoms with E-state index < -0.39 is 0 Å². The van der Waals surface area contributed by atoms with E-state index in [-0.39, 0.29) is 5.91 Å². The first-order valence-electron chi connectivity index (χ1n) is 9.33. The van der Waals surface area contributed by atoms with Gasteiger partial charge in [0.2, 0.25) is 0 Å². The molecule has 0 spiro atoms. The lowest BCUT2D eigenvalue weighted by molar-refractivity contribution is 0.0342. The molecule has 1 aromatic heterocycles. The van der Waals surface area contributed by atoms with Crippen LogP contribution in [-0.4, -0.2) is 46.9 Å². The molecule has 3 aromatic rings. The summed E-state index contributed by atoms with van der Waals surface area (Å²) in [6, 6.07) is 17.7. The topological polar surface area (TPSA) is 71.4 Å². The first-order chi connectivity index (χ1) is 13.8. The molecule has 1 amide bonds. The Kier molecular flexibility index (Phi) is 5.65. The standard InChI is InChI=1S/C21H23N5O2/c27-21(18-14-22-26(16-18)20-4-2-1-3-5-20)24-23-19-8-6-17(7-9-19)15-25-10-12-28-13-11-25/h1-9,14,16,23H,10-13,15H2,(H,24,27). The van der Waals surface area contributed by atoms with Crippen LogP contribution in [0.15, 0.2) is 67.0 Å². The minimum absolute atomic E-state index is 0.237. The van der Waals surface area contributed by atoms with Crippen molar-refractivity contribution in [3.8, 4) is 5.69 Å². The number of carbonyl (C=O) groups excluding carboxylic acids is 1. The number of benzene rings is 2. The molecule has 2 aromatic carbocycles. The zero-order valence-corrected chi connectivity index (χ0v) is 15.5. The molecule has 0 saturated carbocycles. The maximum absolute atomic E-state index is 12.3. The van der Waals surface area contributed by atoms with Gasteiger partial charge in [0.25, 0.3) is 5.91 Å². The highest BCUT2D eigenvalue weighted by Crippen LogP contribution is 2.12. The molecule has 0 radical (unpaired) electrons. The predicted octanol–water partition coefficient (Wildman–Crippen LogP) is 2.46. The molecule has 0 unspecified atom stereocenters. The summed E-state index contributed by atoms with van der Waals surface area (Å²) in [5.41, 5.74) is 9.13. The summed E-state index contributed by atoms with van der Waals surface area (Å²) in [6.45, 7) is 4.44. The first-order valence-corrected chi connectivity index (χ1v) is 9.33. The normalized spacial score (nSPS) is 14.6. The molecule has 1 saturated heterocycles. The number of nitrogens with zero attached hydrogens (tertiary/aromatic N) is 3. The van der Waals surface area contributed by atoms with Crippen LogP contribution < -0.4 is 10.9 Å². The molecular formula is C21H23N5O2. The van der Waals surface area contributed by atoms with Gasteiger partial charge in [0.15, 0.2) is 0 Å². The lowest BCUT2D eigenvalue weighted by Gasteiger charge is -2.26. The maximum atomic E-state index is 12.3. The zero-order valence-electron chi connectivity index (χ0n) is 15.5. The number of rotatable bonds is 6. The van der Waals surface area contributed by atoms with Crippen LogP contribution >= 0.6 is 0 Å². The molecule has 28 heavy (non-hydrogen) atoms. The number of hydrogen-bond acceptors (Lipinski definition) is 5. The van der Waals surface area contributed by atoms with Gasteiger partial charge in [0, 0.05) is 25.8 Å². The summed E-state index contributed by atoms with van der Waals surface area (Å²) in [5, 5.41) is 4.24. The fourth-order valence-corrected chi connectivity index (χ4v) is 3.07. The molecule has 144 valence electrons. The van der Waals surface area contributed by atoms with Crippen molar-refractivity contribution in [3.63, 3.8) is 0 Å². The summed E-state index contributed by atoms with van der Waals surface area (Å²) >= 11 is 0. The smallest absolute Gasteiger partial charge is 0.272 e. The van der Waals surface area contributed by atoms with Crippen LogP contribution in [0.3, 0.4) is 0 Å². The van der Waals surface area contributed by atoms with Crippen molar-refractivity contribution in [3.05, 3.63) is 78.1 Å². The van der Waals surface area contributed by atoms with E-state index in [1.165, 1.54) is 5.56 Å². The van der Waals surface area contributed by atoms with Crippen LogP contribution in [0.2, 0.25) is 0 Å². The highest BCUT2D eigenvalue weighted by Gasteiger charge is 2.11. The predicted molar refractivity (Wildman–Crippen MR) is 107 cm³/mol. The summed E-state index contributed by atoms with van der Waals surface area (Å²) in [4.78, 5) is 14.7. The van der Waals surface area contributed by atoms with Crippen LogP contribution in [0.1, 0.15) is 15.9 Å². The Labute approximate surface area is 163 Å². The van der Waals surface area contributed by atoms with E-state index >= 15 is 0 Å². The molecule has 0 atom stereocenters. The van der Waals surface area contributed by atoms with E-state index in [1.807, 2.05) is 42.5 Å². The molecule has 0 bridgehead atoms. The van der Waals surface area contributed by atoms with Crippen molar-refractivity contribution < 1.29 is 9.53 Å². The Bertz CT molecular complexity index is 902. The number of morpholine rings is 1. The largest absolute Gasteiger partial charge is 0.379 e. The second-order valence-corrected chi connectivity index (χ2v) is 6.67. The molecule has 4 rings (SSSR count). The van der Waals surface area contributed by atoms with Crippen molar-refractivity contribution in [1.82, 2.24) is 20.1 Å². The Hall–Kier alpha value is -3.16. The van der Waals surface area contributed by atoms with Gasteiger partial charge in [-0.2, -0.15) is 5.10 Å². The highest BCUT2D eigenvalue weighted by atomic mass is 16.5. The fourth-order valence-electron chi connectivity index (χ4n) is 3.07. The third-order valence-electron chi connectivity index (χ3n) is 4.65. The van der Waals surface area contributed by atoms with Gasteiger partial charge in [0.1, 0.15) is 0 Å². The number of ether oxygens (including phenoxy) is 1. The first kappa shape index (κ1) is 18.2. The molecule has 7 nitrogen and oxygen atoms in total. The minimum Gasteiger partial charge on any atom is -0.379 e. The van der Waals surface area contributed by atoms with Gasteiger partial charge >= 0.3 is 0 Å². The van der Waals surface area contributed by atoms with E-state index in [0.29, 0.717) is 5.56 Å². The number of hydrogen-bond donors (Lipinski definition) is 2. The van der Waals surface area contributed by atoms with Crippen LogP contribution in [0.5, 0.6) is 0 Å². The summed E-state index contributed by atoms with van der Waals surface area (Å²) in [5.74, 6) is -0.237. The average molecular weight is 377 g/mol. The van der Waals surface area contributed by atoms with Crippen LogP contribution in [0.25, 0.3) is 5.69 Å². The van der Waals surface area contributed by atoms with E-state index in [2.05, 4.69) is 33.0 Å². The van der Waals surface area contributed by atoms with Gasteiger partial charge in [-0.05, 0) is 29.8 Å². The number of anilines is 1. The van der Waals surface area contributed by atoms with Gasteiger partial charge < -0.3 is 4.74 Å². The lowest BCUT2D eigenvalue weighted by Crippen LogP contribution is -2.35. The monoisotopic (exact) mass is 377 g/mol. The van der Waals surface area contributed by atoms with Gasteiger partial charge in [0.05, 0.1) is 36.3 Å². The van der Waals surface area contributed by atoms with Gasteiger partial charge in [-0.3, -0.25) is 20.5 Å². The number of nitrogens with one attached hydrogen (secondary N) is 2. The number of aromatic nitrogens is 2. The lowest BCUT2D eigenvalue weighted by atomic mass is 10.2. The summed E-state index contributed by atoms with van der Waals surface area (Å²) in [6.07, 6.45) is 3.26. The van der Waals surface area contributed by atoms with Crippen LogP contribution in [0, 0.1) is 0 Å². The van der Waals surface area contributed by atoms with Crippen molar-refractivity contribution in [1.29, 1.82) is 0 Å². The van der Waals surface area contributed by atoms with Crippen molar-refractivity contribution in [2.24, 2.45) is 0 Å². The van der Waals surface area contributed by atoms with Crippen molar-refractivity contribution >= 4 is 11.6 Å². The minimum atomic E-state index is -0.237. The van der Waals surface area contributed by atoms with Gasteiger partial charge in [-0.1, -0.05) is 30.3 Å². The van der Waals surface area contributed by atoms with E-state index in [1.54, 1.807) is 17.1 Å². The van der Waals surface area contributed by atoms with Gasteiger partial charge in [-0.15, -0.1) is 0 Å². The molecule has 2 heterocycles. The molecule has 1 fully saturated rings. The summed E-state index contributed by atoms with van der Waals surface area (Å²) < 4.78 is 7.05. The number of amides is 1. The Morgan fingerprint density at radius 1 is 1.04 bits per heavy atom. The Morgan fingerprint density at radius 3 is 2.54 bits per heavy atom. The Morgan fingerprint density at radius 2 is 1.79 bits per heavy atom. The number of carbonyl (C=O) groups is 1. The Balaban J connectivity index is 1.30. The summed E-state index contributed by atoms with van der Waals surface area (Å²) in [7, 11) is 0. The number of hydrazine groups is 1. The van der Waals surface area contributed by atoms with E-state index in [4.69, 9.17) is 4.74 Å². The van der Waals surface area contributed by atoms with Crippen LogP contribution in [0.4, 0.5) is 5.69 Å². The zero-order chi connectivity index (χ0) is 19.2. The quantitative estimate of drug-likeness (QED) is 0.646. The molecule has 1 aliphatic heterocycles. The average Bonchev–Trinajstić information content (AvgIpc) is 3.25. The van der Waals surface area contributed by atoms with Crippen molar-refractivity contribution in [2.45, 2.75) is 6.54 Å². The third-order valence-corrected chi connectivity index (χ3v) is 4.65. The fraction of sp³-hybridized carbons (Fsp3) is 0.238. The second kappa shape index (κ2) is 8.69. The van der Waals surface area contributed by atoms with E-state index in [0.717, 1.165) is 44.2 Å². The SMILES string of the molecule is O=C(NNc1ccc(CN2CCOCC2)cc1)c1cnn(-c2ccccc2)c1. The third kappa shape index (κ3) is 4.57. The molecule has 2 N–H and O–H groups in total. The van der Waals surface area contributed by atoms with Gasteiger partial charge in [-0.25, -0.2) is 4.68 Å². The molecule has 7 heteroatoms. The second-order valence-electron chi connectivity index (χ2n) is 6.67.